The van der Waals surface area contributed by atoms with E-state index < -0.39 is 0 Å². The molecule has 0 saturated heterocycles. The van der Waals surface area contributed by atoms with Gasteiger partial charge in [-0.3, -0.25) is 4.79 Å². The fraction of sp³-hybridized carbons (Fsp3) is 0. The Morgan fingerprint density at radius 2 is 0.745 bits per heavy atom. The van der Waals surface area contributed by atoms with Gasteiger partial charge < -0.3 is 9.80 Å². The number of aldehydes is 1. The smallest absolute Gasteiger partial charge is 0.160 e. The van der Waals surface area contributed by atoms with Crippen molar-refractivity contribution in [3.8, 4) is 10.4 Å². The van der Waals surface area contributed by atoms with Crippen LogP contribution in [0, 0.1) is 0 Å². The quantitative estimate of drug-likeness (QED) is 0.119. The summed E-state index contributed by atoms with van der Waals surface area (Å²) < 4.78 is 0. The molecule has 242 valence electrons. The Balaban J connectivity index is 1.38. The monoisotopic (exact) mass is 672 g/mol. The van der Waals surface area contributed by atoms with Crippen LogP contribution in [0.2, 0.25) is 0 Å². The predicted molar refractivity (Wildman–Crippen MR) is 217 cm³/mol. The molecule has 0 aliphatic rings. The largest absolute Gasteiger partial charge is 0.310 e. The Bertz CT molecular complexity index is 2560. The van der Waals surface area contributed by atoms with Gasteiger partial charge in [-0.25, -0.2) is 0 Å². The summed E-state index contributed by atoms with van der Waals surface area (Å²) in [6, 6.07) is 65.9. The van der Waals surface area contributed by atoms with E-state index in [4.69, 9.17) is 0 Å². The van der Waals surface area contributed by atoms with E-state index >= 15 is 0 Å². The SMILES string of the molecule is O=Cc1sc(-c2ccccc2)c2c3ccc(N(c4ccccc4)c4ccccc4)cc3c3cc(N(c4ccccc4)c4ccccc4)ccc3c12. The number of anilines is 6. The predicted octanol–water partition coefficient (Wildman–Crippen LogP) is 13.6. The summed E-state index contributed by atoms with van der Waals surface area (Å²) in [7, 11) is 0. The van der Waals surface area contributed by atoms with Gasteiger partial charge in [0.25, 0.3) is 0 Å². The molecular formula is C47H32N2OS. The van der Waals surface area contributed by atoms with Crippen molar-refractivity contribution >= 4 is 84.1 Å². The van der Waals surface area contributed by atoms with Gasteiger partial charge >= 0.3 is 0 Å². The first-order valence-electron chi connectivity index (χ1n) is 17.1. The molecule has 0 radical (unpaired) electrons. The van der Waals surface area contributed by atoms with Crippen molar-refractivity contribution in [2.24, 2.45) is 0 Å². The molecule has 0 spiro atoms. The molecule has 9 rings (SSSR count). The number of para-hydroxylation sites is 4. The summed E-state index contributed by atoms with van der Waals surface area (Å²) in [5.74, 6) is 0. The molecule has 0 aliphatic carbocycles. The highest BCUT2D eigenvalue weighted by Crippen LogP contribution is 2.49. The molecule has 51 heavy (non-hydrogen) atoms. The first kappa shape index (κ1) is 30.6. The van der Waals surface area contributed by atoms with Crippen LogP contribution < -0.4 is 9.80 Å². The third-order valence-electron chi connectivity index (χ3n) is 9.49. The number of rotatable bonds is 8. The maximum atomic E-state index is 12.8. The van der Waals surface area contributed by atoms with Gasteiger partial charge in [-0.2, -0.15) is 0 Å². The Kier molecular flexibility index (Phi) is 7.84. The van der Waals surface area contributed by atoms with E-state index in [0.29, 0.717) is 0 Å². The summed E-state index contributed by atoms with van der Waals surface area (Å²) >= 11 is 1.58. The van der Waals surface area contributed by atoms with Gasteiger partial charge in [0.15, 0.2) is 6.29 Å². The Hall–Kier alpha value is -6.49. The molecule has 8 aromatic carbocycles. The zero-order valence-electron chi connectivity index (χ0n) is 27.7. The molecule has 0 fully saturated rings. The van der Waals surface area contributed by atoms with E-state index in [1.54, 1.807) is 11.3 Å². The minimum Gasteiger partial charge on any atom is -0.310 e. The van der Waals surface area contributed by atoms with Crippen LogP contribution in [0.15, 0.2) is 188 Å². The molecule has 4 heteroatoms. The third-order valence-corrected chi connectivity index (χ3v) is 10.7. The molecule has 9 aromatic rings. The number of fused-ring (bicyclic) bond motifs is 6. The first-order valence-corrected chi connectivity index (χ1v) is 17.9. The molecule has 0 saturated carbocycles. The van der Waals surface area contributed by atoms with Gasteiger partial charge in [0, 0.05) is 49.8 Å². The molecule has 0 atom stereocenters. The lowest BCUT2D eigenvalue weighted by Gasteiger charge is -2.27. The summed E-state index contributed by atoms with van der Waals surface area (Å²) in [5, 5.41) is 6.52. The molecule has 1 aromatic heterocycles. The average Bonchev–Trinajstić information content (AvgIpc) is 3.60. The molecule has 1 heterocycles. The van der Waals surface area contributed by atoms with Crippen LogP contribution in [-0.4, -0.2) is 6.29 Å². The van der Waals surface area contributed by atoms with Gasteiger partial charge in [-0.05, 0) is 99.9 Å². The Morgan fingerprint density at radius 3 is 1.14 bits per heavy atom. The number of carbonyl (C=O) groups is 1. The van der Waals surface area contributed by atoms with Crippen LogP contribution in [0.5, 0.6) is 0 Å². The number of carbonyl (C=O) groups excluding carboxylic acids is 1. The second kappa shape index (κ2) is 13.1. The fourth-order valence-corrected chi connectivity index (χ4v) is 8.43. The summed E-state index contributed by atoms with van der Waals surface area (Å²) in [4.78, 5) is 19.3. The first-order chi connectivity index (χ1) is 25.3. The highest BCUT2D eigenvalue weighted by molar-refractivity contribution is 7.19. The Morgan fingerprint density at radius 1 is 0.373 bits per heavy atom. The minimum atomic E-state index is 0.741. The number of hydrogen-bond acceptors (Lipinski definition) is 4. The van der Waals surface area contributed by atoms with Crippen LogP contribution in [0.4, 0.5) is 34.1 Å². The zero-order chi connectivity index (χ0) is 34.1. The van der Waals surface area contributed by atoms with Crippen LogP contribution in [-0.2, 0) is 0 Å². The Labute approximate surface area is 300 Å². The fourth-order valence-electron chi connectivity index (χ4n) is 7.28. The van der Waals surface area contributed by atoms with Gasteiger partial charge in [-0.1, -0.05) is 115 Å². The molecule has 0 bridgehead atoms. The molecule has 0 amide bonds. The standard InChI is InChI=1S/C47H32N2OS/c50-32-44-45-40-28-26-38(48(34-18-8-2-9-19-34)35-20-10-3-11-21-35)30-42(40)43-31-39(49(36-22-12-4-13-23-36)37-24-14-5-15-25-37)27-29-41(43)46(45)47(51-44)33-16-6-1-7-17-33/h1-32H. The highest BCUT2D eigenvalue weighted by Gasteiger charge is 2.22. The molecular weight excluding hydrogens is 641 g/mol. The maximum absolute atomic E-state index is 12.8. The van der Waals surface area contributed by atoms with E-state index in [-0.39, 0.29) is 0 Å². The number of hydrogen-bond donors (Lipinski definition) is 0. The lowest BCUT2D eigenvalue weighted by atomic mass is 9.92. The van der Waals surface area contributed by atoms with Crippen molar-refractivity contribution in [3.05, 3.63) is 193 Å². The third kappa shape index (κ3) is 5.43. The van der Waals surface area contributed by atoms with Crippen molar-refractivity contribution in [3.63, 3.8) is 0 Å². The van der Waals surface area contributed by atoms with E-state index in [9.17, 15) is 4.79 Å². The zero-order valence-corrected chi connectivity index (χ0v) is 28.5. The van der Waals surface area contributed by atoms with E-state index in [2.05, 4.69) is 180 Å². The second-order valence-electron chi connectivity index (χ2n) is 12.5. The van der Waals surface area contributed by atoms with Gasteiger partial charge in [0.05, 0.1) is 4.88 Å². The van der Waals surface area contributed by atoms with Crippen LogP contribution in [0.25, 0.3) is 42.8 Å². The van der Waals surface area contributed by atoms with E-state index in [1.807, 2.05) is 18.2 Å². The summed E-state index contributed by atoms with van der Waals surface area (Å²) in [6.07, 6.45) is 1.03. The number of benzene rings is 8. The average molecular weight is 673 g/mol. The number of thiophene rings is 1. The minimum absolute atomic E-state index is 0.741. The summed E-state index contributed by atoms with van der Waals surface area (Å²) in [6.45, 7) is 0. The van der Waals surface area contributed by atoms with E-state index in [0.717, 1.165) is 88.0 Å². The normalized spacial score (nSPS) is 11.2. The van der Waals surface area contributed by atoms with Crippen molar-refractivity contribution < 1.29 is 4.79 Å². The van der Waals surface area contributed by atoms with Gasteiger partial charge in [0.1, 0.15) is 0 Å². The second-order valence-corrected chi connectivity index (χ2v) is 13.6. The highest BCUT2D eigenvalue weighted by atomic mass is 32.1. The van der Waals surface area contributed by atoms with Gasteiger partial charge in [-0.15, -0.1) is 11.3 Å². The van der Waals surface area contributed by atoms with Crippen molar-refractivity contribution in [1.82, 2.24) is 0 Å². The van der Waals surface area contributed by atoms with Crippen molar-refractivity contribution in [2.45, 2.75) is 0 Å². The summed E-state index contributed by atoms with van der Waals surface area (Å²) in [5.41, 5.74) is 7.51. The molecule has 0 N–H and O–H groups in total. The lowest BCUT2D eigenvalue weighted by molar-refractivity contribution is 0.112. The molecule has 0 aliphatic heterocycles. The molecule has 3 nitrogen and oxygen atoms in total. The topological polar surface area (TPSA) is 23.6 Å². The van der Waals surface area contributed by atoms with Crippen molar-refractivity contribution in [2.75, 3.05) is 9.80 Å². The maximum Gasteiger partial charge on any atom is 0.160 e. The number of nitrogens with zero attached hydrogens (tertiary/aromatic N) is 2. The van der Waals surface area contributed by atoms with Crippen LogP contribution in [0.3, 0.4) is 0 Å². The molecule has 0 unspecified atom stereocenters. The van der Waals surface area contributed by atoms with Crippen molar-refractivity contribution in [1.29, 1.82) is 0 Å². The lowest BCUT2D eigenvalue weighted by Crippen LogP contribution is -2.10. The van der Waals surface area contributed by atoms with Crippen LogP contribution >= 0.6 is 11.3 Å². The van der Waals surface area contributed by atoms with Crippen LogP contribution in [0.1, 0.15) is 9.67 Å². The van der Waals surface area contributed by atoms with E-state index in [1.165, 1.54) is 0 Å². The van der Waals surface area contributed by atoms with Gasteiger partial charge in [0.2, 0.25) is 0 Å².